The summed E-state index contributed by atoms with van der Waals surface area (Å²) in [5.41, 5.74) is 5.06. The van der Waals surface area contributed by atoms with Gasteiger partial charge in [-0.15, -0.1) is 0 Å². The van der Waals surface area contributed by atoms with E-state index in [1.807, 2.05) is 60.7 Å². The fourth-order valence-electron chi connectivity index (χ4n) is 4.67. The zero-order valence-electron chi connectivity index (χ0n) is 22.0. The number of nitro groups is 2. The molecule has 0 amide bonds. The Hall–Kier alpha value is -5.71. The summed E-state index contributed by atoms with van der Waals surface area (Å²) >= 11 is 0. The van der Waals surface area contributed by atoms with Crippen LogP contribution in [0.25, 0.3) is 5.76 Å². The molecule has 41 heavy (non-hydrogen) atoms. The summed E-state index contributed by atoms with van der Waals surface area (Å²) in [4.78, 5) is 21.4. The van der Waals surface area contributed by atoms with Crippen molar-refractivity contribution in [3.63, 3.8) is 0 Å². The van der Waals surface area contributed by atoms with Crippen LogP contribution in [0.5, 0.6) is 17.2 Å². The molecule has 5 rings (SSSR count). The Bertz CT molecular complexity index is 1690. The molecular formula is C30H24N4O7. The topological polar surface area (TPSA) is 138 Å². The van der Waals surface area contributed by atoms with Gasteiger partial charge in [-0.25, -0.2) is 0 Å². The monoisotopic (exact) mass is 552 g/mol. The van der Waals surface area contributed by atoms with Gasteiger partial charge in [-0.05, 0) is 35.9 Å². The minimum atomic E-state index is -0.702. The molecule has 4 aromatic rings. The molecule has 11 heteroatoms. The van der Waals surface area contributed by atoms with Crippen molar-refractivity contribution in [3.8, 4) is 17.2 Å². The number of nitro benzene ring substituents is 2. The first-order chi connectivity index (χ1) is 19.9. The van der Waals surface area contributed by atoms with Gasteiger partial charge in [0.1, 0.15) is 17.2 Å². The molecule has 1 N–H and O–H groups in total. The smallest absolute Gasteiger partial charge is 0.301 e. The number of ether oxygens (including phenoxy) is 3. The lowest BCUT2D eigenvalue weighted by atomic mass is 9.81. The van der Waals surface area contributed by atoms with E-state index in [4.69, 9.17) is 14.2 Å². The van der Waals surface area contributed by atoms with E-state index in [1.165, 1.54) is 12.1 Å². The summed E-state index contributed by atoms with van der Waals surface area (Å²) in [6.45, 7) is 0. The van der Waals surface area contributed by atoms with Crippen LogP contribution in [0.1, 0.15) is 22.6 Å². The van der Waals surface area contributed by atoms with Crippen molar-refractivity contribution in [3.05, 3.63) is 133 Å². The molecule has 1 aliphatic heterocycles. The third-order valence-electron chi connectivity index (χ3n) is 6.57. The zero-order valence-corrected chi connectivity index (χ0v) is 22.0. The van der Waals surface area contributed by atoms with E-state index in [1.54, 1.807) is 32.6 Å². The first-order valence-corrected chi connectivity index (χ1v) is 12.4. The number of non-ortho nitro benzene ring substituents is 1. The molecule has 206 valence electrons. The fraction of sp³-hybridized carbons (Fsp3) is 0.100. The maximum absolute atomic E-state index is 11.6. The minimum absolute atomic E-state index is 0.00138. The number of methoxy groups -OCH3 is 2. The maximum Gasteiger partial charge on any atom is 0.301 e. The largest absolute Gasteiger partial charge is 0.493 e. The van der Waals surface area contributed by atoms with Crippen LogP contribution in [0.2, 0.25) is 0 Å². The highest BCUT2D eigenvalue weighted by Crippen LogP contribution is 2.46. The van der Waals surface area contributed by atoms with Gasteiger partial charge in [-0.1, -0.05) is 48.5 Å². The van der Waals surface area contributed by atoms with Crippen LogP contribution in [0.3, 0.4) is 0 Å². The number of hydrogen-bond acceptors (Lipinski definition) is 9. The summed E-state index contributed by atoms with van der Waals surface area (Å²) in [5, 5.41) is 27.1. The molecule has 0 saturated heterocycles. The Kier molecular flexibility index (Phi) is 7.59. The van der Waals surface area contributed by atoms with Crippen molar-refractivity contribution in [1.29, 1.82) is 0 Å². The summed E-state index contributed by atoms with van der Waals surface area (Å²) in [5.74, 6) is 1.92. The van der Waals surface area contributed by atoms with Crippen molar-refractivity contribution >= 4 is 29.0 Å². The van der Waals surface area contributed by atoms with Gasteiger partial charge in [-0.3, -0.25) is 25.7 Å². The number of nitrogens with zero attached hydrogens (tertiary/aromatic N) is 3. The number of allylic oxidation sites excluding steroid dienone is 1. The van der Waals surface area contributed by atoms with E-state index in [2.05, 4.69) is 10.5 Å². The first-order valence-electron chi connectivity index (χ1n) is 12.4. The van der Waals surface area contributed by atoms with Crippen LogP contribution in [0, 0.1) is 20.2 Å². The first kappa shape index (κ1) is 26.9. The lowest BCUT2D eigenvalue weighted by molar-refractivity contribution is -0.393. The SMILES string of the molecule is COc1ccc(C2=C(/C=N\Nc3ccc([N+](=O)[O-])cc3[N+](=O)[O-])[C@@H](c3ccccc3)c3ccccc3O2)cc1OC. The molecule has 0 spiro atoms. The number of para-hydroxylation sites is 1. The molecule has 1 heterocycles. The van der Waals surface area contributed by atoms with Gasteiger partial charge in [0.25, 0.3) is 5.69 Å². The highest BCUT2D eigenvalue weighted by Gasteiger charge is 2.31. The quantitative estimate of drug-likeness (QED) is 0.140. The summed E-state index contributed by atoms with van der Waals surface area (Å²) in [6, 6.07) is 26.2. The number of benzene rings is 4. The summed E-state index contributed by atoms with van der Waals surface area (Å²) in [6.07, 6.45) is 1.55. The number of fused-ring (bicyclic) bond motifs is 1. The molecule has 0 bridgehead atoms. The lowest BCUT2D eigenvalue weighted by Crippen LogP contribution is -2.18. The molecule has 1 aliphatic rings. The normalized spacial score (nSPS) is 14.2. The Balaban J connectivity index is 1.66. The van der Waals surface area contributed by atoms with Gasteiger partial charge in [-0.2, -0.15) is 5.10 Å². The number of nitrogens with one attached hydrogen (secondary N) is 1. The zero-order chi connectivity index (χ0) is 28.9. The highest BCUT2D eigenvalue weighted by atomic mass is 16.6. The molecule has 1 atom stereocenters. The Labute approximate surface area is 234 Å². The highest BCUT2D eigenvalue weighted by molar-refractivity contribution is 5.94. The number of anilines is 1. The van der Waals surface area contributed by atoms with Crippen LogP contribution < -0.4 is 19.6 Å². The molecule has 4 aromatic carbocycles. The molecule has 0 radical (unpaired) electrons. The molecule has 0 aromatic heterocycles. The second-order valence-corrected chi connectivity index (χ2v) is 8.92. The Morgan fingerprint density at radius 2 is 1.59 bits per heavy atom. The average Bonchev–Trinajstić information content (AvgIpc) is 3.00. The van der Waals surface area contributed by atoms with E-state index in [0.29, 0.717) is 34.1 Å². The van der Waals surface area contributed by atoms with Crippen LogP contribution in [0.15, 0.2) is 102 Å². The number of hydrogen-bond donors (Lipinski definition) is 1. The number of hydrazone groups is 1. The van der Waals surface area contributed by atoms with E-state index < -0.39 is 21.2 Å². The van der Waals surface area contributed by atoms with Gasteiger partial charge in [0.05, 0.1) is 36.3 Å². The fourth-order valence-corrected chi connectivity index (χ4v) is 4.67. The van der Waals surface area contributed by atoms with Crippen LogP contribution in [-0.4, -0.2) is 30.3 Å². The Morgan fingerprint density at radius 1 is 0.854 bits per heavy atom. The average molecular weight is 553 g/mol. The van der Waals surface area contributed by atoms with Gasteiger partial charge < -0.3 is 14.2 Å². The van der Waals surface area contributed by atoms with E-state index in [0.717, 1.165) is 17.2 Å². The van der Waals surface area contributed by atoms with Crippen molar-refractivity contribution in [2.45, 2.75) is 5.92 Å². The van der Waals surface area contributed by atoms with Crippen molar-refractivity contribution in [2.24, 2.45) is 5.10 Å². The van der Waals surface area contributed by atoms with Crippen LogP contribution in [-0.2, 0) is 0 Å². The summed E-state index contributed by atoms with van der Waals surface area (Å²) in [7, 11) is 3.10. The van der Waals surface area contributed by atoms with Crippen LogP contribution in [0.4, 0.5) is 17.1 Å². The van der Waals surface area contributed by atoms with Crippen LogP contribution >= 0.6 is 0 Å². The van der Waals surface area contributed by atoms with Gasteiger partial charge in [0.2, 0.25) is 0 Å². The second kappa shape index (κ2) is 11.6. The molecule has 0 aliphatic carbocycles. The lowest BCUT2D eigenvalue weighted by Gasteiger charge is -2.30. The van der Waals surface area contributed by atoms with Gasteiger partial charge in [0, 0.05) is 28.7 Å². The predicted molar refractivity (Wildman–Crippen MR) is 154 cm³/mol. The molecule has 11 nitrogen and oxygen atoms in total. The molecule has 0 saturated carbocycles. The van der Waals surface area contributed by atoms with Crippen molar-refractivity contribution in [1.82, 2.24) is 0 Å². The second-order valence-electron chi connectivity index (χ2n) is 8.92. The van der Waals surface area contributed by atoms with Crippen molar-refractivity contribution in [2.75, 3.05) is 19.6 Å². The third-order valence-corrected chi connectivity index (χ3v) is 6.57. The molecular weight excluding hydrogens is 528 g/mol. The minimum Gasteiger partial charge on any atom is -0.493 e. The standard InChI is InChI=1S/C30H24N4O7/c1-39-27-15-12-20(16-28(27)40-2)30-23(18-31-32-24-14-13-21(33(35)36)17-25(24)34(37)38)29(19-8-4-3-5-9-19)22-10-6-7-11-26(22)41-30/h3-18,29,32H,1-2H3/b31-18-/t29-/m0/s1. The molecule has 0 fully saturated rings. The summed E-state index contributed by atoms with van der Waals surface area (Å²) < 4.78 is 17.4. The van der Waals surface area contributed by atoms with Gasteiger partial charge >= 0.3 is 5.69 Å². The maximum atomic E-state index is 11.6. The third kappa shape index (κ3) is 5.41. The number of rotatable bonds is 9. The Morgan fingerprint density at radius 3 is 2.29 bits per heavy atom. The van der Waals surface area contributed by atoms with Crippen molar-refractivity contribution < 1.29 is 24.1 Å². The molecule has 0 unspecified atom stereocenters. The van der Waals surface area contributed by atoms with E-state index >= 15 is 0 Å². The predicted octanol–water partition coefficient (Wildman–Crippen LogP) is 6.55. The van der Waals surface area contributed by atoms with Gasteiger partial charge in [0.15, 0.2) is 11.5 Å². The van der Waals surface area contributed by atoms with E-state index in [-0.39, 0.29) is 11.6 Å². The van der Waals surface area contributed by atoms with E-state index in [9.17, 15) is 20.2 Å².